The number of carbonyl (C=O) groups is 1. The van der Waals surface area contributed by atoms with Crippen molar-refractivity contribution in [3.8, 4) is 0 Å². The lowest BCUT2D eigenvalue weighted by atomic mass is 9.97. The van der Waals surface area contributed by atoms with Crippen molar-refractivity contribution in [1.29, 1.82) is 0 Å². The summed E-state index contributed by atoms with van der Waals surface area (Å²) in [7, 11) is 1.50. The number of ether oxygens (including phenoxy) is 3. The molecule has 4 nitrogen and oxygen atoms in total. The van der Waals surface area contributed by atoms with Crippen LogP contribution in [0.3, 0.4) is 0 Å². The summed E-state index contributed by atoms with van der Waals surface area (Å²) in [4.78, 5) is 11.4. The average molecular weight is 427 g/mol. The molecule has 0 rings (SSSR count). The molecule has 0 aliphatic heterocycles. The van der Waals surface area contributed by atoms with E-state index in [9.17, 15) is 4.79 Å². The van der Waals surface area contributed by atoms with E-state index in [0.29, 0.717) is 34.2 Å². The average Bonchev–Trinajstić information content (AvgIpc) is 2.75. The summed E-state index contributed by atoms with van der Waals surface area (Å²) in [5, 5.41) is 0. The van der Waals surface area contributed by atoms with Crippen molar-refractivity contribution in [3.63, 3.8) is 0 Å². The van der Waals surface area contributed by atoms with Gasteiger partial charge in [-0.05, 0) is 41.6 Å². The summed E-state index contributed by atoms with van der Waals surface area (Å²) in [6.45, 7) is 27.9. The van der Waals surface area contributed by atoms with Crippen LogP contribution < -0.4 is 0 Å². The molecule has 0 bridgehead atoms. The van der Waals surface area contributed by atoms with Crippen LogP contribution in [0.2, 0.25) is 0 Å². The molecule has 0 spiro atoms. The van der Waals surface area contributed by atoms with Crippen molar-refractivity contribution in [2.75, 3.05) is 20.3 Å². The van der Waals surface area contributed by atoms with E-state index in [2.05, 4.69) is 65.8 Å². The van der Waals surface area contributed by atoms with E-state index in [1.165, 1.54) is 7.11 Å². The van der Waals surface area contributed by atoms with Crippen molar-refractivity contribution in [2.24, 2.45) is 11.8 Å². The van der Waals surface area contributed by atoms with Gasteiger partial charge in [0.15, 0.2) is 11.5 Å². The third-order valence-corrected chi connectivity index (χ3v) is 4.62. The largest absolute Gasteiger partial charge is 0.493 e. The van der Waals surface area contributed by atoms with Crippen LogP contribution in [0.5, 0.6) is 0 Å². The molecule has 0 aromatic rings. The van der Waals surface area contributed by atoms with Crippen molar-refractivity contribution in [1.82, 2.24) is 0 Å². The zero-order valence-electron chi connectivity index (χ0n) is 19.8. The molecule has 0 radical (unpaired) electrons. The van der Waals surface area contributed by atoms with Gasteiger partial charge in [0.25, 0.3) is 0 Å². The van der Waals surface area contributed by atoms with Gasteiger partial charge in [-0.15, -0.1) is 0 Å². The predicted octanol–water partition coefficient (Wildman–Crippen LogP) is 6.63. The van der Waals surface area contributed by atoms with Crippen LogP contribution in [0.15, 0.2) is 97.1 Å². The van der Waals surface area contributed by atoms with E-state index >= 15 is 0 Å². The minimum atomic E-state index is -0.462. The van der Waals surface area contributed by atoms with E-state index in [-0.39, 0.29) is 19.1 Å². The van der Waals surface area contributed by atoms with Gasteiger partial charge in [0.05, 0.1) is 7.11 Å². The van der Waals surface area contributed by atoms with Crippen LogP contribution in [0, 0.1) is 11.8 Å². The minimum absolute atomic E-state index is 0.0786. The molecular weight excluding hydrogens is 388 g/mol. The van der Waals surface area contributed by atoms with Crippen molar-refractivity contribution >= 4 is 5.97 Å². The molecule has 0 aliphatic carbocycles. The Balaban J connectivity index is 4.99. The first-order valence-electron chi connectivity index (χ1n) is 10.4. The van der Waals surface area contributed by atoms with Crippen molar-refractivity contribution in [2.45, 2.75) is 34.1 Å². The lowest BCUT2D eigenvalue weighted by Gasteiger charge is -2.13. The summed E-state index contributed by atoms with van der Waals surface area (Å²) >= 11 is 0. The maximum absolute atomic E-state index is 11.4. The Kier molecular flexibility index (Phi) is 13.4. The highest BCUT2D eigenvalue weighted by molar-refractivity contribution is 5.86. The van der Waals surface area contributed by atoms with Crippen molar-refractivity contribution < 1.29 is 19.0 Å². The van der Waals surface area contributed by atoms with Crippen LogP contribution in [0.1, 0.15) is 34.1 Å². The standard InChI is InChI=1S/C27H38O4/c1-11-20(4)12-13-21(5)22(6)14-15-23(7)24(8)18-26(25(9)29-10)30-16-17-31-27(28)19(2)3/h12-15,18,20-21H,2,6-9,11,16-17H2,1,3-5,10H3/b13-12-,15-14-,26-18+. The molecule has 0 N–H and O–H groups in total. The maximum atomic E-state index is 11.4. The van der Waals surface area contributed by atoms with E-state index in [1.807, 2.05) is 12.2 Å². The molecular formula is C27H38O4. The Morgan fingerprint density at radius 1 is 0.935 bits per heavy atom. The molecule has 2 atom stereocenters. The van der Waals surface area contributed by atoms with Crippen LogP contribution in [0.4, 0.5) is 0 Å². The van der Waals surface area contributed by atoms with Gasteiger partial charge in [0.2, 0.25) is 0 Å². The van der Waals surface area contributed by atoms with Gasteiger partial charge in [-0.25, -0.2) is 4.79 Å². The van der Waals surface area contributed by atoms with E-state index < -0.39 is 5.97 Å². The Labute approximate surface area is 188 Å². The van der Waals surface area contributed by atoms with Gasteiger partial charge >= 0.3 is 5.97 Å². The molecule has 0 aromatic heterocycles. The maximum Gasteiger partial charge on any atom is 0.333 e. The molecule has 0 saturated heterocycles. The topological polar surface area (TPSA) is 44.8 Å². The van der Waals surface area contributed by atoms with Crippen LogP contribution >= 0.6 is 0 Å². The number of rotatable bonds is 15. The summed E-state index contributed by atoms with van der Waals surface area (Å²) in [5.41, 5.74) is 2.66. The Bertz CT molecular complexity index is 777. The molecule has 31 heavy (non-hydrogen) atoms. The highest BCUT2D eigenvalue weighted by Crippen LogP contribution is 2.19. The number of methoxy groups -OCH3 is 1. The summed E-state index contributed by atoms with van der Waals surface area (Å²) in [6.07, 6.45) is 11.0. The van der Waals surface area contributed by atoms with E-state index in [0.717, 1.165) is 12.0 Å². The molecule has 0 amide bonds. The zero-order chi connectivity index (χ0) is 24.0. The van der Waals surface area contributed by atoms with Crippen LogP contribution in [-0.4, -0.2) is 26.3 Å². The first kappa shape index (κ1) is 28.0. The molecule has 170 valence electrons. The number of allylic oxidation sites excluding steroid dienone is 8. The fourth-order valence-corrected chi connectivity index (χ4v) is 2.05. The fourth-order valence-electron chi connectivity index (χ4n) is 2.05. The quantitative estimate of drug-likeness (QED) is 0.0736. The SMILES string of the molecule is C=C(C)C(=O)OCCO/C(=C/C(=C)C(=C)/C=C\C(=C)C(C)/C=C\C(C)CC)C(=C)OC. The minimum Gasteiger partial charge on any atom is -0.493 e. The Hall–Kier alpha value is -3.01. The third kappa shape index (κ3) is 11.7. The Morgan fingerprint density at radius 3 is 2.10 bits per heavy atom. The molecule has 0 fully saturated rings. The molecule has 0 aromatic carbocycles. The normalized spacial score (nSPS) is 13.5. The summed E-state index contributed by atoms with van der Waals surface area (Å²) < 4.78 is 15.8. The smallest absolute Gasteiger partial charge is 0.333 e. The van der Waals surface area contributed by atoms with Crippen LogP contribution in [0.25, 0.3) is 0 Å². The highest BCUT2D eigenvalue weighted by Gasteiger charge is 2.08. The van der Waals surface area contributed by atoms with Gasteiger partial charge in [0.1, 0.15) is 13.2 Å². The molecule has 0 aliphatic rings. The van der Waals surface area contributed by atoms with Gasteiger partial charge < -0.3 is 14.2 Å². The second kappa shape index (κ2) is 14.9. The highest BCUT2D eigenvalue weighted by atomic mass is 16.6. The number of esters is 1. The first-order chi connectivity index (χ1) is 14.5. The first-order valence-corrected chi connectivity index (χ1v) is 10.4. The van der Waals surface area contributed by atoms with Gasteiger partial charge in [-0.3, -0.25) is 0 Å². The number of carbonyl (C=O) groups excluding carboxylic acids is 1. The predicted molar refractivity (Wildman–Crippen MR) is 130 cm³/mol. The summed E-state index contributed by atoms with van der Waals surface area (Å²) in [6, 6.07) is 0. The number of hydrogen-bond acceptors (Lipinski definition) is 4. The van der Waals surface area contributed by atoms with E-state index in [4.69, 9.17) is 14.2 Å². The fraction of sp³-hybridized carbons (Fsp3) is 0.370. The van der Waals surface area contributed by atoms with Crippen molar-refractivity contribution in [3.05, 3.63) is 97.1 Å². The zero-order valence-corrected chi connectivity index (χ0v) is 19.8. The lowest BCUT2D eigenvalue weighted by molar-refractivity contribution is -0.140. The molecule has 0 heterocycles. The summed E-state index contributed by atoms with van der Waals surface area (Å²) in [5.74, 6) is 1.04. The Morgan fingerprint density at radius 2 is 1.55 bits per heavy atom. The third-order valence-electron chi connectivity index (χ3n) is 4.62. The van der Waals surface area contributed by atoms with Crippen LogP contribution in [-0.2, 0) is 19.0 Å². The lowest BCUT2D eigenvalue weighted by Crippen LogP contribution is -2.11. The monoisotopic (exact) mass is 426 g/mol. The van der Waals surface area contributed by atoms with E-state index in [1.54, 1.807) is 13.0 Å². The van der Waals surface area contributed by atoms with Gasteiger partial charge in [0, 0.05) is 5.57 Å². The van der Waals surface area contributed by atoms with Gasteiger partial charge in [-0.1, -0.05) is 84.4 Å². The number of hydrogen-bond donors (Lipinski definition) is 0. The second-order valence-corrected chi connectivity index (χ2v) is 7.42. The molecule has 0 saturated carbocycles. The van der Waals surface area contributed by atoms with Gasteiger partial charge in [-0.2, -0.15) is 0 Å². The molecule has 4 heteroatoms. The molecule has 2 unspecified atom stereocenters. The second-order valence-electron chi connectivity index (χ2n) is 7.42.